The van der Waals surface area contributed by atoms with E-state index in [1.165, 1.54) is 13.2 Å². The third kappa shape index (κ3) is 4.33. The van der Waals surface area contributed by atoms with E-state index in [0.717, 1.165) is 17.7 Å². The Morgan fingerprint density at radius 1 is 1.07 bits per heavy atom. The third-order valence-electron chi connectivity index (χ3n) is 4.94. The number of hydrogen-bond donors (Lipinski definition) is 1. The van der Waals surface area contributed by atoms with E-state index in [0.29, 0.717) is 23.7 Å². The van der Waals surface area contributed by atoms with Crippen LogP contribution in [0.25, 0.3) is 0 Å². The summed E-state index contributed by atoms with van der Waals surface area (Å²) in [7, 11) is 7.03. The summed E-state index contributed by atoms with van der Waals surface area (Å²) >= 11 is 0. The number of likely N-dealkylation sites (N-methyl/N-ethyl adjacent to an activating group) is 1. The molecule has 2 aromatic rings. The van der Waals surface area contributed by atoms with Crippen LogP contribution in [0.2, 0.25) is 0 Å². The molecule has 0 radical (unpaired) electrons. The van der Waals surface area contributed by atoms with Crippen molar-refractivity contribution in [1.82, 2.24) is 4.90 Å². The second-order valence-corrected chi connectivity index (χ2v) is 7.16. The van der Waals surface area contributed by atoms with Crippen molar-refractivity contribution in [2.24, 2.45) is 0 Å². The van der Waals surface area contributed by atoms with Crippen LogP contribution in [-0.4, -0.2) is 63.4 Å². The Labute approximate surface area is 174 Å². The minimum Gasteiger partial charge on any atom is -0.493 e. The molecular formula is C22H25NO7. The average molecular weight is 415 g/mol. The van der Waals surface area contributed by atoms with Crippen LogP contribution in [0.5, 0.6) is 23.0 Å². The number of ketones is 1. The van der Waals surface area contributed by atoms with Crippen LogP contribution in [0, 0.1) is 0 Å². The summed E-state index contributed by atoms with van der Waals surface area (Å²) in [6, 6.07) is 6.67. The van der Waals surface area contributed by atoms with E-state index in [-0.39, 0.29) is 35.9 Å². The number of aromatic carboxylic acids is 1. The van der Waals surface area contributed by atoms with Crippen LogP contribution in [0.3, 0.4) is 0 Å². The zero-order valence-corrected chi connectivity index (χ0v) is 17.5. The summed E-state index contributed by atoms with van der Waals surface area (Å²) in [5.74, 6) is -0.0603. The molecule has 0 saturated carbocycles. The average Bonchev–Trinajstić information content (AvgIpc) is 3.19. The number of methoxy groups -OCH3 is 2. The highest BCUT2D eigenvalue weighted by Crippen LogP contribution is 2.38. The van der Waals surface area contributed by atoms with Crippen LogP contribution >= 0.6 is 0 Å². The number of nitrogens with zero attached hydrogens (tertiary/aromatic N) is 1. The molecule has 2 aromatic carbocycles. The molecule has 8 nitrogen and oxygen atoms in total. The quantitative estimate of drug-likeness (QED) is 0.625. The molecule has 1 heterocycles. The van der Waals surface area contributed by atoms with Gasteiger partial charge in [0.2, 0.25) is 6.79 Å². The molecule has 0 unspecified atom stereocenters. The number of carboxylic acids is 1. The minimum absolute atomic E-state index is 0.0169. The molecule has 1 aliphatic heterocycles. The van der Waals surface area contributed by atoms with Crippen LogP contribution in [0.4, 0.5) is 0 Å². The van der Waals surface area contributed by atoms with Gasteiger partial charge >= 0.3 is 5.97 Å². The molecule has 0 aromatic heterocycles. The molecule has 0 amide bonds. The fourth-order valence-corrected chi connectivity index (χ4v) is 3.39. The van der Waals surface area contributed by atoms with Crippen molar-refractivity contribution >= 4 is 11.8 Å². The smallest absolute Gasteiger partial charge is 0.340 e. The van der Waals surface area contributed by atoms with E-state index in [4.69, 9.17) is 18.9 Å². The number of carbonyl (C=O) groups excluding carboxylic acids is 1. The largest absolute Gasteiger partial charge is 0.493 e. The van der Waals surface area contributed by atoms with E-state index in [1.54, 1.807) is 19.2 Å². The van der Waals surface area contributed by atoms with Gasteiger partial charge in [0.05, 0.1) is 14.2 Å². The van der Waals surface area contributed by atoms with Crippen molar-refractivity contribution in [1.29, 1.82) is 0 Å². The van der Waals surface area contributed by atoms with Crippen molar-refractivity contribution in [3.8, 4) is 23.0 Å². The van der Waals surface area contributed by atoms with Gasteiger partial charge in [0.1, 0.15) is 5.56 Å². The molecule has 8 heteroatoms. The molecular weight excluding hydrogens is 390 g/mol. The number of benzene rings is 2. The van der Waals surface area contributed by atoms with Crippen LogP contribution in [0.15, 0.2) is 24.3 Å². The molecule has 0 bridgehead atoms. The molecule has 1 N–H and O–H groups in total. The first-order valence-electron chi connectivity index (χ1n) is 9.43. The minimum atomic E-state index is -1.24. The summed E-state index contributed by atoms with van der Waals surface area (Å²) in [6.07, 6.45) is 0.714. The van der Waals surface area contributed by atoms with Crippen molar-refractivity contribution in [3.05, 3.63) is 46.5 Å². The maximum absolute atomic E-state index is 13.1. The molecule has 0 fully saturated rings. The normalized spacial score (nSPS) is 12.2. The predicted octanol–water partition coefficient (Wildman–Crippen LogP) is 2.66. The lowest BCUT2D eigenvalue weighted by Gasteiger charge is -2.17. The van der Waals surface area contributed by atoms with Crippen molar-refractivity contribution in [3.63, 3.8) is 0 Å². The van der Waals surface area contributed by atoms with Gasteiger partial charge in [-0.1, -0.05) is 0 Å². The van der Waals surface area contributed by atoms with Gasteiger partial charge in [-0.15, -0.1) is 0 Å². The summed E-state index contributed by atoms with van der Waals surface area (Å²) in [6.45, 7) is 0.707. The Morgan fingerprint density at radius 2 is 1.73 bits per heavy atom. The first-order chi connectivity index (χ1) is 14.3. The molecule has 0 spiro atoms. The lowest BCUT2D eigenvalue weighted by Crippen LogP contribution is -2.17. The Kier molecular flexibility index (Phi) is 6.47. The van der Waals surface area contributed by atoms with Gasteiger partial charge in [0.25, 0.3) is 0 Å². The van der Waals surface area contributed by atoms with E-state index in [1.807, 2.05) is 25.1 Å². The summed E-state index contributed by atoms with van der Waals surface area (Å²) in [5.41, 5.74) is 1.60. The molecule has 30 heavy (non-hydrogen) atoms. The van der Waals surface area contributed by atoms with E-state index >= 15 is 0 Å². The van der Waals surface area contributed by atoms with E-state index < -0.39 is 5.97 Å². The maximum atomic E-state index is 13.1. The third-order valence-corrected chi connectivity index (χ3v) is 4.94. The van der Waals surface area contributed by atoms with Crippen molar-refractivity contribution in [2.75, 3.05) is 41.7 Å². The lowest BCUT2D eigenvalue weighted by atomic mass is 9.93. The fourth-order valence-electron chi connectivity index (χ4n) is 3.39. The highest BCUT2D eigenvalue weighted by molar-refractivity contribution is 6.08. The molecule has 1 aliphatic rings. The van der Waals surface area contributed by atoms with Gasteiger partial charge in [-0.3, -0.25) is 4.79 Å². The van der Waals surface area contributed by atoms with Gasteiger partial charge in [0.15, 0.2) is 28.8 Å². The summed E-state index contributed by atoms with van der Waals surface area (Å²) in [5, 5.41) is 9.67. The maximum Gasteiger partial charge on any atom is 0.340 e. The molecule has 160 valence electrons. The Balaban J connectivity index is 1.99. The topological polar surface area (TPSA) is 94.5 Å². The summed E-state index contributed by atoms with van der Waals surface area (Å²) < 4.78 is 21.3. The van der Waals surface area contributed by atoms with E-state index in [2.05, 4.69) is 0 Å². The first kappa shape index (κ1) is 21.4. The van der Waals surface area contributed by atoms with Crippen LogP contribution < -0.4 is 18.9 Å². The van der Waals surface area contributed by atoms with Gasteiger partial charge in [-0.2, -0.15) is 0 Å². The number of rotatable bonds is 9. The number of hydrogen-bond acceptors (Lipinski definition) is 7. The molecule has 0 atom stereocenters. The second-order valence-electron chi connectivity index (χ2n) is 7.16. The summed E-state index contributed by atoms with van der Waals surface area (Å²) in [4.78, 5) is 27.0. The highest BCUT2D eigenvalue weighted by Gasteiger charge is 2.28. The first-order valence-corrected chi connectivity index (χ1v) is 9.43. The lowest BCUT2D eigenvalue weighted by molar-refractivity contribution is 0.0687. The SMILES string of the molecule is COc1cc(CCN(C)C)c(CC(=O)c2ccc3c(c2C(=O)O)OCO3)cc1OC. The predicted molar refractivity (Wildman–Crippen MR) is 109 cm³/mol. The molecule has 0 saturated heterocycles. The standard InChI is InChI=1S/C22H25NO7/c1-23(2)8-7-13-10-18(27-3)19(28-4)11-14(13)9-16(24)15-5-6-17-21(30-12-29-17)20(15)22(25)26/h5-6,10-11H,7-9,12H2,1-4H3,(H,25,26). The second kappa shape index (κ2) is 9.04. The van der Waals surface area contributed by atoms with Crippen molar-refractivity contribution < 1.29 is 33.6 Å². The Hall–Kier alpha value is -3.26. The van der Waals surface area contributed by atoms with Gasteiger partial charge in [-0.05, 0) is 55.9 Å². The molecule has 3 rings (SSSR count). The number of carboxylic acid groups (broad SMARTS) is 1. The zero-order chi connectivity index (χ0) is 21.8. The number of ether oxygens (including phenoxy) is 4. The number of fused-ring (bicyclic) bond motifs is 1. The van der Waals surface area contributed by atoms with E-state index in [9.17, 15) is 14.7 Å². The van der Waals surface area contributed by atoms with Gasteiger partial charge in [0, 0.05) is 18.5 Å². The Bertz CT molecular complexity index is 968. The Morgan fingerprint density at radius 3 is 2.33 bits per heavy atom. The number of Topliss-reactive ketones (excluding diaryl/α,β-unsaturated/α-hetero) is 1. The highest BCUT2D eigenvalue weighted by atomic mass is 16.7. The fraction of sp³-hybridized carbons (Fsp3) is 0.364. The van der Waals surface area contributed by atoms with Gasteiger partial charge < -0.3 is 29.0 Å². The van der Waals surface area contributed by atoms with Crippen LogP contribution in [-0.2, 0) is 12.8 Å². The molecule has 0 aliphatic carbocycles. The van der Waals surface area contributed by atoms with Crippen molar-refractivity contribution in [2.45, 2.75) is 12.8 Å². The van der Waals surface area contributed by atoms with Crippen LogP contribution in [0.1, 0.15) is 31.8 Å². The number of carbonyl (C=O) groups is 2. The zero-order valence-electron chi connectivity index (χ0n) is 17.5. The monoisotopic (exact) mass is 415 g/mol. The van der Waals surface area contributed by atoms with Gasteiger partial charge in [-0.25, -0.2) is 4.79 Å².